The lowest BCUT2D eigenvalue weighted by molar-refractivity contribution is -0.385. The first-order valence-electron chi connectivity index (χ1n) is 7.54. The van der Waals surface area contributed by atoms with Gasteiger partial charge in [0.25, 0.3) is 5.69 Å². The van der Waals surface area contributed by atoms with Crippen molar-refractivity contribution in [3.05, 3.63) is 28.3 Å². The standard InChI is InChI=1S/C15H22N2O5S/c1-15(9-5-4-6-10-15)22-14-11-12(17(18)19)7-8-13(14)16(2)23(3,20)21/h7-8,11H,4-6,9-10H2,1-3H3. The SMILES string of the molecule is CN(c1ccc([N+](=O)[O-])cc1OC1(C)CCCCC1)S(C)(=O)=O. The molecule has 1 aromatic carbocycles. The van der Waals surface area contributed by atoms with Crippen LogP contribution in [0.4, 0.5) is 11.4 Å². The molecule has 7 nitrogen and oxygen atoms in total. The Morgan fingerprint density at radius 3 is 2.39 bits per heavy atom. The number of ether oxygens (including phenoxy) is 1. The lowest BCUT2D eigenvalue weighted by Crippen LogP contribution is -2.35. The van der Waals surface area contributed by atoms with E-state index < -0.39 is 20.5 Å². The highest BCUT2D eigenvalue weighted by atomic mass is 32.2. The molecule has 2 rings (SSSR count). The zero-order chi connectivity index (χ0) is 17.3. The molecule has 0 spiro atoms. The third-order valence-electron chi connectivity index (χ3n) is 4.26. The maximum Gasteiger partial charge on any atom is 0.273 e. The molecular weight excluding hydrogens is 320 g/mol. The van der Waals surface area contributed by atoms with Crippen molar-refractivity contribution in [1.29, 1.82) is 0 Å². The van der Waals surface area contributed by atoms with Gasteiger partial charge in [-0.05, 0) is 38.7 Å². The number of benzene rings is 1. The first-order valence-corrected chi connectivity index (χ1v) is 9.39. The summed E-state index contributed by atoms with van der Waals surface area (Å²) in [4.78, 5) is 10.5. The van der Waals surface area contributed by atoms with Crippen LogP contribution in [0.1, 0.15) is 39.0 Å². The average molecular weight is 342 g/mol. The highest BCUT2D eigenvalue weighted by molar-refractivity contribution is 7.92. The quantitative estimate of drug-likeness (QED) is 0.606. The molecule has 0 heterocycles. The van der Waals surface area contributed by atoms with E-state index in [-0.39, 0.29) is 11.4 Å². The maximum atomic E-state index is 11.8. The number of nitro benzene ring substituents is 1. The zero-order valence-corrected chi connectivity index (χ0v) is 14.4. The third kappa shape index (κ3) is 4.13. The Labute approximate surface area is 136 Å². The number of rotatable bonds is 5. The summed E-state index contributed by atoms with van der Waals surface area (Å²) in [6.45, 7) is 1.97. The minimum atomic E-state index is -3.49. The summed E-state index contributed by atoms with van der Waals surface area (Å²) in [6.07, 6.45) is 5.98. The maximum absolute atomic E-state index is 11.8. The van der Waals surface area contributed by atoms with Crippen LogP contribution in [0.5, 0.6) is 5.75 Å². The molecule has 0 atom stereocenters. The van der Waals surface area contributed by atoms with Crippen LogP contribution in [0.3, 0.4) is 0 Å². The summed E-state index contributed by atoms with van der Waals surface area (Å²) >= 11 is 0. The highest BCUT2D eigenvalue weighted by Gasteiger charge is 2.31. The van der Waals surface area contributed by atoms with Crippen LogP contribution < -0.4 is 9.04 Å². The van der Waals surface area contributed by atoms with Crippen molar-refractivity contribution in [3.63, 3.8) is 0 Å². The van der Waals surface area contributed by atoms with Gasteiger partial charge in [-0.3, -0.25) is 14.4 Å². The fourth-order valence-corrected chi connectivity index (χ4v) is 3.31. The highest BCUT2D eigenvalue weighted by Crippen LogP contribution is 2.39. The van der Waals surface area contributed by atoms with Gasteiger partial charge >= 0.3 is 0 Å². The molecule has 0 N–H and O–H groups in total. The van der Waals surface area contributed by atoms with Crippen molar-refractivity contribution >= 4 is 21.4 Å². The molecule has 0 bridgehead atoms. The van der Waals surface area contributed by atoms with Gasteiger partial charge in [0.05, 0.1) is 22.9 Å². The molecule has 0 unspecified atom stereocenters. The van der Waals surface area contributed by atoms with E-state index in [1.54, 1.807) is 0 Å². The van der Waals surface area contributed by atoms with E-state index in [0.29, 0.717) is 5.69 Å². The minimum absolute atomic E-state index is 0.120. The zero-order valence-electron chi connectivity index (χ0n) is 13.6. The summed E-state index contributed by atoms with van der Waals surface area (Å²) in [7, 11) is -2.08. The predicted octanol–water partition coefficient (Wildman–Crippen LogP) is 3.09. The number of anilines is 1. The van der Waals surface area contributed by atoms with Crippen LogP contribution in [0.2, 0.25) is 0 Å². The second-order valence-corrected chi connectivity index (χ2v) is 8.27. The second kappa shape index (κ2) is 6.35. The van der Waals surface area contributed by atoms with Gasteiger partial charge in [-0.1, -0.05) is 6.42 Å². The van der Waals surface area contributed by atoms with Gasteiger partial charge in [0, 0.05) is 13.1 Å². The molecule has 0 saturated heterocycles. The van der Waals surface area contributed by atoms with E-state index in [2.05, 4.69) is 0 Å². The lowest BCUT2D eigenvalue weighted by atomic mass is 9.86. The Kier molecular flexibility index (Phi) is 4.84. The van der Waals surface area contributed by atoms with E-state index in [0.717, 1.165) is 42.7 Å². The Morgan fingerprint density at radius 2 is 1.87 bits per heavy atom. The fraction of sp³-hybridized carbons (Fsp3) is 0.600. The molecule has 1 fully saturated rings. The third-order valence-corrected chi connectivity index (χ3v) is 5.45. The van der Waals surface area contributed by atoms with Crippen LogP contribution >= 0.6 is 0 Å². The molecule has 0 aliphatic heterocycles. The minimum Gasteiger partial charge on any atom is -0.485 e. The fourth-order valence-electron chi connectivity index (χ4n) is 2.80. The van der Waals surface area contributed by atoms with Crippen LogP contribution in [0.15, 0.2) is 18.2 Å². The molecule has 0 amide bonds. The molecule has 128 valence electrons. The molecule has 1 aliphatic rings. The van der Waals surface area contributed by atoms with E-state index in [1.165, 1.54) is 25.2 Å². The van der Waals surface area contributed by atoms with Crippen molar-refractivity contribution in [3.8, 4) is 5.75 Å². The number of non-ortho nitro benzene ring substituents is 1. The molecule has 1 saturated carbocycles. The summed E-state index contributed by atoms with van der Waals surface area (Å²) in [5.74, 6) is 0.233. The molecule has 1 aliphatic carbocycles. The number of nitro groups is 1. The van der Waals surface area contributed by atoms with Crippen molar-refractivity contribution in [1.82, 2.24) is 0 Å². The van der Waals surface area contributed by atoms with Crippen LogP contribution in [-0.2, 0) is 10.0 Å². The molecule has 1 aromatic rings. The largest absolute Gasteiger partial charge is 0.485 e. The first-order chi connectivity index (χ1) is 10.6. The van der Waals surface area contributed by atoms with Gasteiger partial charge in [-0.2, -0.15) is 0 Å². The topological polar surface area (TPSA) is 89.8 Å². The monoisotopic (exact) mass is 342 g/mol. The first kappa shape index (κ1) is 17.5. The van der Waals surface area contributed by atoms with Crippen molar-refractivity contribution in [2.75, 3.05) is 17.6 Å². The van der Waals surface area contributed by atoms with Gasteiger partial charge in [-0.25, -0.2) is 8.42 Å². The Morgan fingerprint density at radius 1 is 1.26 bits per heavy atom. The number of nitrogens with zero attached hydrogens (tertiary/aromatic N) is 2. The number of hydrogen-bond acceptors (Lipinski definition) is 5. The molecule has 8 heteroatoms. The number of sulfonamides is 1. The van der Waals surface area contributed by atoms with Crippen LogP contribution in [-0.4, -0.2) is 32.2 Å². The molecular formula is C15H22N2O5S. The van der Waals surface area contributed by atoms with E-state index in [1.807, 2.05) is 6.92 Å². The Balaban J connectivity index is 2.44. The van der Waals surface area contributed by atoms with Crippen molar-refractivity contribution in [2.45, 2.75) is 44.6 Å². The van der Waals surface area contributed by atoms with E-state index in [4.69, 9.17) is 4.74 Å². The average Bonchev–Trinajstić information content (AvgIpc) is 2.45. The number of hydrogen-bond donors (Lipinski definition) is 0. The van der Waals surface area contributed by atoms with Crippen LogP contribution in [0.25, 0.3) is 0 Å². The molecule has 0 aromatic heterocycles. The van der Waals surface area contributed by atoms with Gasteiger partial charge in [0.1, 0.15) is 5.60 Å². The second-order valence-electron chi connectivity index (χ2n) is 6.25. The summed E-state index contributed by atoms with van der Waals surface area (Å²) in [5, 5.41) is 11.0. The summed E-state index contributed by atoms with van der Waals surface area (Å²) in [6, 6.07) is 4.00. The van der Waals surface area contributed by atoms with Crippen molar-refractivity contribution in [2.24, 2.45) is 0 Å². The summed E-state index contributed by atoms with van der Waals surface area (Å²) < 4.78 is 30.8. The van der Waals surface area contributed by atoms with Gasteiger partial charge in [0.15, 0.2) is 5.75 Å². The van der Waals surface area contributed by atoms with Gasteiger partial charge in [-0.15, -0.1) is 0 Å². The Hall–Kier alpha value is -1.83. The van der Waals surface area contributed by atoms with Crippen LogP contribution in [0, 0.1) is 10.1 Å². The van der Waals surface area contributed by atoms with Crippen molar-refractivity contribution < 1.29 is 18.1 Å². The van der Waals surface area contributed by atoms with E-state index in [9.17, 15) is 18.5 Å². The molecule has 23 heavy (non-hydrogen) atoms. The van der Waals surface area contributed by atoms with E-state index >= 15 is 0 Å². The predicted molar refractivity (Wildman–Crippen MR) is 88.5 cm³/mol. The molecule has 0 radical (unpaired) electrons. The van der Waals surface area contributed by atoms with Gasteiger partial charge < -0.3 is 4.74 Å². The Bertz CT molecular complexity index is 696. The lowest BCUT2D eigenvalue weighted by Gasteiger charge is -2.35. The summed E-state index contributed by atoms with van der Waals surface area (Å²) in [5.41, 5.74) is -0.240. The van der Waals surface area contributed by atoms with Gasteiger partial charge in [0.2, 0.25) is 10.0 Å². The normalized spacial score (nSPS) is 17.5. The smallest absolute Gasteiger partial charge is 0.273 e.